The lowest BCUT2D eigenvalue weighted by Gasteiger charge is -2.33. The Morgan fingerprint density at radius 1 is 1.19 bits per heavy atom. The fourth-order valence-electron chi connectivity index (χ4n) is 3.62. The van der Waals surface area contributed by atoms with Crippen LogP contribution in [0.15, 0.2) is 58.8 Å². The van der Waals surface area contributed by atoms with Gasteiger partial charge in [-0.1, -0.05) is 6.92 Å². The number of piperidine rings is 1. The first-order valence-electron chi connectivity index (χ1n) is 10.4. The van der Waals surface area contributed by atoms with Crippen molar-refractivity contribution in [1.82, 2.24) is 14.8 Å². The lowest BCUT2D eigenvalue weighted by Crippen LogP contribution is -2.34. The molecule has 166 valence electrons. The maximum absolute atomic E-state index is 13.1. The summed E-state index contributed by atoms with van der Waals surface area (Å²) in [5, 5.41) is 22.9. The van der Waals surface area contributed by atoms with Gasteiger partial charge in [-0.05, 0) is 60.9 Å². The molecule has 2 heterocycles. The van der Waals surface area contributed by atoms with Crippen molar-refractivity contribution in [2.45, 2.75) is 29.8 Å². The molecular formula is C22H24N6O3S. The predicted molar refractivity (Wildman–Crippen MR) is 123 cm³/mol. The summed E-state index contributed by atoms with van der Waals surface area (Å²) in [5.74, 6) is 0.274. The Bertz CT molecular complexity index is 1120. The maximum atomic E-state index is 13.1. The van der Waals surface area contributed by atoms with Crippen molar-refractivity contribution >= 4 is 34.7 Å². The molecule has 1 aliphatic heterocycles. The summed E-state index contributed by atoms with van der Waals surface area (Å²) < 4.78 is 1.82. The Balaban J connectivity index is 1.53. The summed E-state index contributed by atoms with van der Waals surface area (Å²) in [6.45, 7) is 3.87. The van der Waals surface area contributed by atoms with E-state index in [2.05, 4.69) is 27.3 Å². The zero-order chi connectivity index (χ0) is 22.7. The fraction of sp³-hybridized carbons (Fsp3) is 0.318. The van der Waals surface area contributed by atoms with Crippen molar-refractivity contribution in [1.29, 1.82) is 0 Å². The first kappa shape index (κ1) is 21.8. The predicted octanol–water partition coefficient (Wildman–Crippen LogP) is 4.36. The number of hydrogen-bond donors (Lipinski definition) is 1. The molecular weight excluding hydrogens is 428 g/mol. The highest BCUT2D eigenvalue weighted by Gasteiger charge is 2.23. The molecule has 0 saturated carbocycles. The van der Waals surface area contributed by atoms with Crippen molar-refractivity contribution in [2.24, 2.45) is 13.0 Å². The number of aryl methyl sites for hydroxylation is 1. The summed E-state index contributed by atoms with van der Waals surface area (Å²) in [6.07, 6.45) is 3.70. The second-order valence-electron chi connectivity index (χ2n) is 7.93. The fourth-order valence-corrected chi connectivity index (χ4v) is 4.38. The van der Waals surface area contributed by atoms with Gasteiger partial charge < -0.3 is 14.8 Å². The molecule has 0 radical (unpaired) electrons. The highest BCUT2D eigenvalue weighted by molar-refractivity contribution is 7.99. The van der Waals surface area contributed by atoms with Gasteiger partial charge in [0.1, 0.15) is 6.33 Å². The number of carbonyl (C=O) groups is 1. The van der Waals surface area contributed by atoms with Crippen LogP contribution in [-0.2, 0) is 7.05 Å². The molecule has 0 atom stereocenters. The number of hydrogen-bond acceptors (Lipinski definition) is 7. The maximum Gasteiger partial charge on any atom is 0.270 e. The van der Waals surface area contributed by atoms with E-state index in [9.17, 15) is 14.9 Å². The molecule has 0 aliphatic carbocycles. The van der Waals surface area contributed by atoms with Crippen LogP contribution in [0, 0.1) is 16.0 Å². The molecule has 1 aromatic heterocycles. The molecule has 1 amide bonds. The SMILES string of the molecule is CC1CCN(c2ccc([N+](=O)[O-])cc2C(=O)Nc2ccc(Sc3nncn3C)cc2)CC1. The minimum atomic E-state index is -0.475. The lowest BCUT2D eigenvalue weighted by atomic mass is 9.98. The van der Waals surface area contributed by atoms with Crippen LogP contribution < -0.4 is 10.2 Å². The number of nitrogens with one attached hydrogen (secondary N) is 1. The number of nitro groups is 1. The minimum absolute atomic E-state index is 0.0975. The van der Waals surface area contributed by atoms with E-state index < -0.39 is 4.92 Å². The summed E-state index contributed by atoms with van der Waals surface area (Å²) in [4.78, 5) is 27.0. The van der Waals surface area contributed by atoms with E-state index in [0.29, 0.717) is 17.2 Å². The Morgan fingerprint density at radius 2 is 1.91 bits per heavy atom. The third-order valence-corrected chi connectivity index (χ3v) is 6.61. The Kier molecular flexibility index (Phi) is 6.40. The van der Waals surface area contributed by atoms with E-state index in [4.69, 9.17) is 0 Å². The molecule has 10 heteroatoms. The number of anilines is 2. The van der Waals surface area contributed by atoms with Gasteiger partial charge in [-0.15, -0.1) is 10.2 Å². The van der Waals surface area contributed by atoms with Crippen LogP contribution in [0.5, 0.6) is 0 Å². The largest absolute Gasteiger partial charge is 0.371 e. The standard InChI is InChI=1S/C22H24N6O3S/c1-15-9-11-27(12-10-15)20-8-5-17(28(30)31)13-19(20)21(29)24-16-3-6-18(7-4-16)32-22-25-23-14-26(22)2/h3-8,13-15H,9-12H2,1-2H3,(H,24,29). The molecule has 0 unspecified atom stereocenters. The van der Waals surface area contributed by atoms with E-state index in [1.165, 1.54) is 23.9 Å². The molecule has 2 aromatic carbocycles. The topological polar surface area (TPSA) is 106 Å². The van der Waals surface area contributed by atoms with E-state index in [1.807, 2.05) is 23.7 Å². The van der Waals surface area contributed by atoms with Crippen LogP contribution in [0.1, 0.15) is 30.1 Å². The number of benzene rings is 2. The van der Waals surface area contributed by atoms with E-state index in [1.54, 1.807) is 24.5 Å². The van der Waals surface area contributed by atoms with Crippen molar-refractivity contribution < 1.29 is 9.72 Å². The number of non-ortho nitro benzene ring substituents is 1. The molecule has 0 spiro atoms. The molecule has 0 bridgehead atoms. The number of nitrogens with zero attached hydrogens (tertiary/aromatic N) is 5. The highest BCUT2D eigenvalue weighted by Crippen LogP contribution is 2.31. The summed E-state index contributed by atoms with van der Waals surface area (Å²) in [5.41, 5.74) is 1.56. The molecule has 3 aromatic rings. The number of carbonyl (C=O) groups excluding carboxylic acids is 1. The number of aromatic nitrogens is 3. The van der Waals surface area contributed by atoms with Crippen LogP contribution in [-0.4, -0.2) is 38.7 Å². The van der Waals surface area contributed by atoms with E-state index in [-0.39, 0.29) is 11.6 Å². The summed E-state index contributed by atoms with van der Waals surface area (Å²) in [6, 6.07) is 11.9. The molecule has 32 heavy (non-hydrogen) atoms. The van der Waals surface area contributed by atoms with Gasteiger partial charge >= 0.3 is 0 Å². The third-order valence-electron chi connectivity index (χ3n) is 5.55. The van der Waals surface area contributed by atoms with Crippen LogP contribution in [0.4, 0.5) is 17.1 Å². The highest BCUT2D eigenvalue weighted by atomic mass is 32.2. The quantitative estimate of drug-likeness (QED) is 0.437. The van der Waals surface area contributed by atoms with Gasteiger partial charge in [0.25, 0.3) is 11.6 Å². The zero-order valence-electron chi connectivity index (χ0n) is 17.9. The average Bonchev–Trinajstić information content (AvgIpc) is 3.19. The smallest absolute Gasteiger partial charge is 0.270 e. The van der Waals surface area contributed by atoms with Gasteiger partial charge in [-0.3, -0.25) is 14.9 Å². The Labute approximate surface area is 190 Å². The van der Waals surface area contributed by atoms with E-state index in [0.717, 1.165) is 41.7 Å². The monoisotopic (exact) mass is 452 g/mol. The van der Waals surface area contributed by atoms with Crippen molar-refractivity contribution in [3.05, 3.63) is 64.5 Å². The van der Waals surface area contributed by atoms with Gasteiger partial charge in [-0.2, -0.15) is 0 Å². The number of amides is 1. The van der Waals surface area contributed by atoms with Crippen molar-refractivity contribution in [3.63, 3.8) is 0 Å². The van der Waals surface area contributed by atoms with Gasteiger partial charge in [0.15, 0.2) is 5.16 Å². The summed E-state index contributed by atoms with van der Waals surface area (Å²) >= 11 is 1.47. The van der Waals surface area contributed by atoms with E-state index >= 15 is 0 Å². The van der Waals surface area contributed by atoms with Gasteiger partial charge in [0, 0.05) is 42.9 Å². The molecule has 1 saturated heterocycles. The van der Waals surface area contributed by atoms with Crippen molar-refractivity contribution in [2.75, 3.05) is 23.3 Å². The summed E-state index contributed by atoms with van der Waals surface area (Å²) in [7, 11) is 1.87. The molecule has 1 fully saturated rings. The third kappa shape index (κ3) is 4.91. The Hall–Kier alpha value is -3.40. The second-order valence-corrected chi connectivity index (χ2v) is 8.97. The number of nitro benzene ring substituents is 1. The average molecular weight is 453 g/mol. The number of rotatable bonds is 6. The first-order valence-corrected chi connectivity index (χ1v) is 11.2. The van der Waals surface area contributed by atoms with Crippen LogP contribution in [0.2, 0.25) is 0 Å². The van der Waals surface area contributed by atoms with Crippen LogP contribution in [0.25, 0.3) is 0 Å². The lowest BCUT2D eigenvalue weighted by molar-refractivity contribution is -0.384. The molecule has 1 aliphatic rings. The zero-order valence-corrected chi connectivity index (χ0v) is 18.7. The van der Waals surface area contributed by atoms with Gasteiger partial charge in [0.2, 0.25) is 0 Å². The molecule has 4 rings (SSSR count). The molecule has 9 nitrogen and oxygen atoms in total. The van der Waals surface area contributed by atoms with Gasteiger partial charge in [0.05, 0.1) is 16.2 Å². The molecule has 1 N–H and O–H groups in total. The Morgan fingerprint density at radius 3 is 2.53 bits per heavy atom. The normalized spacial score (nSPS) is 14.4. The first-order chi connectivity index (χ1) is 15.4. The van der Waals surface area contributed by atoms with Crippen molar-refractivity contribution in [3.8, 4) is 0 Å². The van der Waals surface area contributed by atoms with Crippen LogP contribution >= 0.6 is 11.8 Å². The van der Waals surface area contributed by atoms with Gasteiger partial charge in [-0.25, -0.2) is 0 Å². The minimum Gasteiger partial charge on any atom is -0.371 e. The second kappa shape index (κ2) is 9.39. The van der Waals surface area contributed by atoms with Crippen LogP contribution in [0.3, 0.4) is 0 Å².